The lowest BCUT2D eigenvalue weighted by Crippen LogP contribution is -2.31. The van der Waals surface area contributed by atoms with Gasteiger partial charge in [0.15, 0.2) is 0 Å². The first-order chi connectivity index (χ1) is 8.00. The third-order valence-corrected chi connectivity index (χ3v) is 2.86. The predicted octanol–water partition coefficient (Wildman–Crippen LogP) is 2.00. The maximum Gasteiger partial charge on any atom is 0.265 e. The first kappa shape index (κ1) is 13.7. The third kappa shape index (κ3) is 3.84. The van der Waals surface area contributed by atoms with Crippen LogP contribution in [-0.2, 0) is 11.3 Å². The lowest BCUT2D eigenvalue weighted by Gasteiger charge is -2.24. The van der Waals surface area contributed by atoms with Gasteiger partial charge in [0.2, 0.25) is 0 Å². The van der Waals surface area contributed by atoms with Gasteiger partial charge in [0.05, 0.1) is 12.2 Å². The maximum atomic E-state index is 11.5. The van der Waals surface area contributed by atoms with E-state index in [2.05, 4.69) is 12.3 Å². The van der Waals surface area contributed by atoms with E-state index in [-0.39, 0.29) is 11.5 Å². The molecule has 1 aromatic carbocycles. The van der Waals surface area contributed by atoms with Crippen LogP contribution in [0.4, 0.5) is 0 Å². The number of hydrazine groups is 1. The highest BCUT2D eigenvalue weighted by Gasteiger charge is 2.17. The Hall–Kier alpha value is -1.39. The molecule has 0 spiro atoms. The van der Waals surface area contributed by atoms with Gasteiger partial charge in [-0.2, -0.15) is 0 Å². The summed E-state index contributed by atoms with van der Waals surface area (Å²) in [7, 11) is 0. The molecule has 1 rings (SSSR count). The zero-order chi connectivity index (χ0) is 12.9. The van der Waals surface area contributed by atoms with Crippen LogP contribution in [0.2, 0.25) is 0 Å². The minimum absolute atomic E-state index is 0.188. The van der Waals surface area contributed by atoms with Crippen LogP contribution in [0.25, 0.3) is 0 Å². The molecule has 0 atom stereocenters. The largest absolute Gasteiger partial charge is 0.371 e. The van der Waals surface area contributed by atoms with Crippen molar-refractivity contribution in [2.75, 3.05) is 0 Å². The molecular formula is C13H20N2O2. The smallest absolute Gasteiger partial charge is 0.265 e. The van der Waals surface area contributed by atoms with Crippen molar-refractivity contribution in [1.82, 2.24) is 5.43 Å². The molecule has 1 amide bonds. The molecule has 3 N–H and O–H groups in total. The maximum absolute atomic E-state index is 11.5. The van der Waals surface area contributed by atoms with E-state index in [0.717, 1.165) is 12.0 Å². The molecule has 0 fully saturated rings. The number of nitrogen functional groups attached to an aromatic ring is 1. The summed E-state index contributed by atoms with van der Waals surface area (Å²) in [6.45, 7) is 6.53. The fourth-order valence-electron chi connectivity index (χ4n) is 1.32. The molecule has 0 saturated heterocycles. The van der Waals surface area contributed by atoms with Crippen molar-refractivity contribution in [3.05, 3.63) is 35.4 Å². The van der Waals surface area contributed by atoms with Crippen molar-refractivity contribution in [2.45, 2.75) is 39.4 Å². The molecule has 0 saturated carbocycles. The van der Waals surface area contributed by atoms with Crippen LogP contribution in [-0.4, -0.2) is 11.5 Å². The molecule has 4 nitrogen and oxygen atoms in total. The Morgan fingerprint density at radius 1 is 1.41 bits per heavy atom. The number of hydrogen-bond donors (Lipinski definition) is 2. The summed E-state index contributed by atoms with van der Waals surface area (Å²) in [5, 5.41) is 0. The Morgan fingerprint density at radius 3 is 2.65 bits per heavy atom. The monoisotopic (exact) mass is 236 g/mol. The summed E-state index contributed by atoms with van der Waals surface area (Å²) >= 11 is 0. The van der Waals surface area contributed by atoms with Gasteiger partial charge < -0.3 is 4.74 Å². The van der Waals surface area contributed by atoms with Gasteiger partial charge in [0, 0.05) is 5.56 Å². The van der Waals surface area contributed by atoms with Crippen LogP contribution in [0, 0.1) is 0 Å². The molecule has 17 heavy (non-hydrogen) atoms. The quantitative estimate of drug-likeness (QED) is 0.467. The molecule has 0 aliphatic rings. The van der Waals surface area contributed by atoms with Crippen molar-refractivity contribution in [3.63, 3.8) is 0 Å². The standard InChI is InChI=1S/C13H20N2O2/c1-4-13(2,3)17-9-10-7-5-6-8-11(10)12(16)15-14/h5-8H,4,9,14H2,1-3H3,(H,15,16). The summed E-state index contributed by atoms with van der Waals surface area (Å²) in [4.78, 5) is 11.5. The molecule has 94 valence electrons. The predicted molar refractivity (Wildman–Crippen MR) is 67.3 cm³/mol. The average Bonchev–Trinajstić information content (AvgIpc) is 2.36. The average molecular weight is 236 g/mol. The van der Waals surface area contributed by atoms with Gasteiger partial charge in [-0.15, -0.1) is 0 Å². The second kappa shape index (κ2) is 5.80. The Kier molecular flexibility index (Phi) is 4.66. The molecule has 0 bridgehead atoms. The van der Waals surface area contributed by atoms with Gasteiger partial charge in [-0.05, 0) is 31.9 Å². The van der Waals surface area contributed by atoms with Crippen LogP contribution in [0.15, 0.2) is 24.3 Å². The lowest BCUT2D eigenvalue weighted by molar-refractivity contribution is -0.0318. The van der Waals surface area contributed by atoms with Gasteiger partial charge in [-0.3, -0.25) is 10.2 Å². The Labute approximate surface area is 102 Å². The number of rotatable bonds is 5. The minimum Gasteiger partial charge on any atom is -0.371 e. The van der Waals surface area contributed by atoms with Crippen LogP contribution in [0.3, 0.4) is 0 Å². The fraction of sp³-hybridized carbons (Fsp3) is 0.462. The topological polar surface area (TPSA) is 64.3 Å². The molecule has 0 radical (unpaired) electrons. The van der Waals surface area contributed by atoms with Gasteiger partial charge in [0.25, 0.3) is 5.91 Å². The SMILES string of the molecule is CCC(C)(C)OCc1ccccc1C(=O)NN. The first-order valence-corrected chi connectivity index (χ1v) is 5.73. The first-order valence-electron chi connectivity index (χ1n) is 5.73. The lowest BCUT2D eigenvalue weighted by atomic mass is 10.1. The van der Waals surface area contributed by atoms with Crippen molar-refractivity contribution in [2.24, 2.45) is 5.84 Å². The molecule has 4 heteroatoms. The highest BCUT2D eigenvalue weighted by molar-refractivity contribution is 5.95. The molecule has 0 unspecified atom stereocenters. The van der Waals surface area contributed by atoms with Gasteiger partial charge in [0.1, 0.15) is 0 Å². The van der Waals surface area contributed by atoms with Gasteiger partial charge in [-0.1, -0.05) is 25.1 Å². The van der Waals surface area contributed by atoms with Crippen molar-refractivity contribution < 1.29 is 9.53 Å². The number of benzene rings is 1. The number of nitrogens with two attached hydrogens (primary N) is 1. The second-order valence-corrected chi connectivity index (χ2v) is 4.53. The zero-order valence-corrected chi connectivity index (χ0v) is 10.6. The van der Waals surface area contributed by atoms with Crippen molar-refractivity contribution >= 4 is 5.91 Å². The number of carbonyl (C=O) groups is 1. The summed E-state index contributed by atoms with van der Waals surface area (Å²) in [6.07, 6.45) is 0.915. The molecular weight excluding hydrogens is 216 g/mol. The number of carbonyl (C=O) groups excluding carboxylic acids is 1. The van der Waals surface area contributed by atoms with Crippen LogP contribution >= 0.6 is 0 Å². The highest BCUT2D eigenvalue weighted by Crippen LogP contribution is 2.18. The number of hydrogen-bond acceptors (Lipinski definition) is 3. The summed E-state index contributed by atoms with van der Waals surface area (Å²) in [5.41, 5.74) is 3.35. The molecule has 0 aliphatic carbocycles. The van der Waals surface area contributed by atoms with Crippen molar-refractivity contribution in [1.29, 1.82) is 0 Å². The number of amides is 1. The zero-order valence-electron chi connectivity index (χ0n) is 10.6. The van der Waals surface area contributed by atoms with E-state index in [9.17, 15) is 4.79 Å². The molecule has 0 heterocycles. The van der Waals surface area contributed by atoms with E-state index >= 15 is 0 Å². The van der Waals surface area contributed by atoms with Crippen molar-refractivity contribution in [3.8, 4) is 0 Å². The number of ether oxygens (including phenoxy) is 1. The summed E-state index contributed by atoms with van der Waals surface area (Å²) in [5.74, 6) is 4.85. The van der Waals surface area contributed by atoms with E-state index in [1.165, 1.54) is 0 Å². The Morgan fingerprint density at radius 2 is 2.06 bits per heavy atom. The normalized spacial score (nSPS) is 11.3. The van der Waals surface area contributed by atoms with Gasteiger partial charge in [-0.25, -0.2) is 5.84 Å². The van der Waals surface area contributed by atoms with Crippen LogP contribution < -0.4 is 11.3 Å². The fourth-order valence-corrected chi connectivity index (χ4v) is 1.32. The van der Waals surface area contributed by atoms with E-state index in [1.807, 2.05) is 26.0 Å². The minimum atomic E-state index is -0.293. The third-order valence-electron chi connectivity index (χ3n) is 2.86. The van der Waals surface area contributed by atoms with E-state index in [4.69, 9.17) is 10.6 Å². The van der Waals surface area contributed by atoms with Crippen LogP contribution in [0.1, 0.15) is 43.1 Å². The van der Waals surface area contributed by atoms with E-state index in [0.29, 0.717) is 12.2 Å². The Balaban J connectivity index is 2.81. The van der Waals surface area contributed by atoms with E-state index < -0.39 is 0 Å². The van der Waals surface area contributed by atoms with Crippen LogP contribution in [0.5, 0.6) is 0 Å². The van der Waals surface area contributed by atoms with Gasteiger partial charge >= 0.3 is 0 Å². The molecule has 1 aromatic rings. The number of nitrogens with one attached hydrogen (secondary N) is 1. The summed E-state index contributed by atoms with van der Waals surface area (Å²) < 4.78 is 5.78. The molecule has 0 aromatic heterocycles. The second-order valence-electron chi connectivity index (χ2n) is 4.53. The Bertz CT molecular complexity index is 389. The van der Waals surface area contributed by atoms with E-state index in [1.54, 1.807) is 12.1 Å². The summed E-state index contributed by atoms with van der Waals surface area (Å²) in [6, 6.07) is 7.29. The highest BCUT2D eigenvalue weighted by atomic mass is 16.5. The molecule has 0 aliphatic heterocycles.